The SMILES string of the molecule is COc1cc(F)c(CN)cc1C. The van der Waals surface area contributed by atoms with E-state index < -0.39 is 0 Å². The van der Waals surface area contributed by atoms with E-state index in [9.17, 15) is 4.39 Å². The van der Waals surface area contributed by atoms with Gasteiger partial charge in [0.2, 0.25) is 0 Å². The van der Waals surface area contributed by atoms with Crippen LogP contribution in [-0.4, -0.2) is 7.11 Å². The van der Waals surface area contributed by atoms with Gasteiger partial charge in [-0.3, -0.25) is 0 Å². The molecule has 0 aliphatic heterocycles. The molecule has 0 aromatic heterocycles. The van der Waals surface area contributed by atoms with Gasteiger partial charge in [-0.05, 0) is 18.6 Å². The fourth-order valence-electron chi connectivity index (χ4n) is 1.10. The Morgan fingerprint density at radius 3 is 2.67 bits per heavy atom. The Morgan fingerprint density at radius 2 is 2.17 bits per heavy atom. The van der Waals surface area contributed by atoms with Gasteiger partial charge < -0.3 is 10.5 Å². The number of hydrogen-bond acceptors (Lipinski definition) is 2. The lowest BCUT2D eigenvalue weighted by molar-refractivity contribution is 0.407. The molecule has 2 N–H and O–H groups in total. The van der Waals surface area contributed by atoms with E-state index in [1.807, 2.05) is 6.92 Å². The van der Waals surface area contributed by atoms with Gasteiger partial charge in [0.25, 0.3) is 0 Å². The van der Waals surface area contributed by atoms with Crippen LogP contribution in [0.2, 0.25) is 0 Å². The fraction of sp³-hybridized carbons (Fsp3) is 0.333. The summed E-state index contributed by atoms with van der Waals surface area (Å²) in [6.45, 7) is 2.08. The number of ether oxygens (including phenoxy) is 1. The number of benzene rings is 1. The number of aryl methyl sites for hydroxylation is 1. The zero-order valence-corrected chi connectivity index (χ0v) is 7.23. The summed E-state index contributed by atoms with van der Waals surface area (Å²) < 4.78 is 18.0. The van der Waals surface area contributed by atoms with Crippen molar-refractivity contribution < 1.29 is 9.13 Å². The predicted molar refractivity (Wildman–Crippen MR) is 45.6 cm³/mol. The molecule has 0 aliphatic carbocycles. The van der Waals surface area contributed by atoms with Gasteiger partial charge in [0.05, 0.1) is 7.11 Å². The molecule has 0 atom stereocenters. The largest absolute Gasteiger partial charge is 0.496 e. The van der Waals surface area contributed by atoms with E-state index in [0.717, 1.165) is 5.56 Å². The summed E-state index contributed by atoms with van der Waals surface area (Å²) in [4.78, 5) is 0. The van der Waals surface area contributed by atoms with Crippen molar-refractivity contribution in [3.8, 4) is 5.75 Å². The highest BCUT2D eigenvalue weighted by atomic mass is 19.1. The zero-order chi connectivity index (χ0) is 9.14. The van der Waals surface area contributed by atoms with E-state index in [0.29, 0.717) is 11.3 Å². The van der Waals surface area contributed by atoms with Crippen LogP contribution in [0.15, 0.2) is 12.1 Å². The Bertz CT molecular complexity index is 256. The minimum absolute atomic E-state index is 0.219. The van der Waals surface area contributed by atoms with Gasteiger partial charge in [-0.1, -0.05) is 0 Å². The van der Waals surface area contributed by atoms with E-state index in [1.165, 1.54) is 13.2 Å². The highest BCUT2D eigenvalue weighted by molar-refractivity contribution is 5.37. The van der Waals surface area contributed by atoms with Crippen LogP contribution in [0.25, 0.3) is 0 Å². The third-order valence-electron chi connectivity index (χ3n) is 1.78. The number of hydrogen-bond donors (Lipinski definition) is 1. The molecule has 0 bridgehead atoms. The highest BCUT2D eigenvalue weighted by Gasteiger charge is 2.05. The van der Waals surface area contributed by atoms with Crippen LogP contribution in [-0.2, 0) is 6.54 Å². The summed E-state index contributed by atoms with van der Waals surface area (Å²) in [5.41, 5.74) is 6.75. The second kappa shape index (κ2) is 3.54. The third kappa shape index (κ3) is 1.56. The summed E-state index contributed by atoms with van der Waals surface area (Å²) in [5, 5.41) is 0. The lowest BCUT2D eigenvalue weighted by Crippen LogP contribution is -2.01. The van der Waals surface area contributed by atoms with Crippen molar-refractivity contribution in [2.24, 2.45) is 5.73 Å². The molecule has 0 amide bonds. The normalized spacial score (nSPS) is 10.0. The molecular formula is C9H12FNO. The van der Waals surface area contributed by atoms with Crippen molar-refractivity contribution in [3.05, 3.63) is 29.1 Å². The minimum atomic E-state index is -0.306. The fourth-order valence-corrected chi connectivity index (χ4v) is 1.10. The molecular weight excluding hydrogens is 157 g/mol. The predicted octanol–water partition coefficient (Wildman–Crippen LogP) is 1.60. The average Bonchev–Trinajstić information content (AvgIpc) is 2.08. The maximum atomic E-state index is 13.1. The third-order valence-corrected chi connectivity index (χ3v) is 1.78. The molecule has 0 fully saturated rings. The lowest BCUT2D eigenvalue weighted by Gasteiger charge is -2.07. The van der Waals surface area contributed by atoms with Crippen LogP contribution in [0.4, 0.5) is 4.39 Å². The maximum absolute atomic E-state index is 13.1. The molecule has 1 aromatic rings. The molecule has 0 aliphatic rings. The van der Waals surface area contributed by atoms with Crippen molar-refractivity contribution in [1.82, 2.24) is 0 Å². The second-order valence-electron chi connectivity index (χ2n) is 2.62. The van der Waals surface area contributed by atoms with E-state index in [-0.39, 0.29) is 12.4 Å². The molecule has 3 heteroatoms. The number of methoxy groups -OCH3 is 1. The molecule has 0 saturated heterocycles. The van der Waals surface area contributed by atoms with Gasteiger partial charge in [0.1, 0.15) is 11.6 Å². The topological polar surface area (TPSA) is 35.2 Å². The molecule has 1 rings (SSSR count). The highest BCUT2D eigenvalue weighted by Crippen LogP contribution is 2.21. The van der Waals surface area contributed by atoms with Gasteiger partial charge in [-0.2, -0.15) is 0 Å². The van der Waals surface area contributed by atoms with E-state index in [1.54, 1.807) is 6.07 Å². The Hall–Kier alpha value is -1.09. The Balaban J connectivity index is 3.16. The molecule has 2 nitrogen and oxygen atoms in total. The molecule has 66 valence electrons. The van der Waals surface area contributed by atoms with Gasteiger partial charge in [-0.25, -0.2) is 4.39 Å². The van der Waals surface area contributed by atoms with Crippen molar-refractivity contribution in [2.45, 2.75) is 13.5 Å². The standard InChI is InChI=1S/C9H12FNO/c1-6-3-7(5-11)8(10)4-9(6)12-2/h3-4H,5,11H2,1-2H3. The Labute approximate surface area is 71.1 Å². The molecule has 0 spiro atoms. The van der Waals surface area contributed by atoms with Crippen molar-refractivity contribution in [1.29, 1.82) is 0 Å². The molecule has 1 aromatic carbocycles. The lowest BCUT2D eigenvalue weighted by atomic mass is 10.1. The second-order valence-corrected chi connectivity index (χ2v) is 2.62. The van der Waals surface area contributed by atoms with E-state index in [4.69, 9.17) is 10.5 Å². The quantitative estimate of drug-likeness (QED) is 0.729. The first kappa shape index (κ1) is 9.00. The minimum Gasteiger partial charge on any atom is -0.496 e. The first-order valence-electron chi connectivity index (χ1n) is 3.72. The molecule has 0 unspecified atom stereocenters. The monoisotopic (exact) mass is 169 g/mol. The molecule has 12 heavy (non-hydrogen) atoms. The first-order valence-corrected chi connectivity index (χ1v) is 3.72. The van der Waals surface area contributed by atoms with Crippen LogP contribution in [0, 0.1) is 12.7 Å². The van der Waals surface area contributed by atoms with Crippen LogP contribution < -0.4 is 10.5 Å². The summed E-state index contributed by atoms with van der Waals surface area (Å²) in [6.07, 6.45) is 0. The van der Waals surface area contributed by atoms with Crippen LogP contribution in [0.5, 0.6) is 5.75 Å². The maximum Gasteiger partial charge on any atom is 0.131 e. The molecule has 0 heterocycles. The smallest absolute Gasteiger partial charge is 0.131 e. The van der Waals surface area contributed by atoms with Crippen LogP contribution in [0.3, 0.4) is 0 Å². The van der Waals surface area contributed by atoms with E-state index >= 15 is 0 Å². The summed E-state index contributed by atoms with van der Waals surface area (Å²) >= 11 is 0. The molecule has 0 radical (unpaired) electrons. The van der Waals surface area contributed by atoms with Crippen molar-refractivity contribution in [2.75, 3.05) is 7.11 Å². The number of halogens is 1. The molecule has 0 saturated carbocycles. The van der Waals surface area contributed by atoms with Crippen molar-refractivity contribution >= 4 is 0 Å². The Morgan fingerprint density at radius 1 is 1.50 bits per heavy atom. The Kier molecular flexibility index (Phi) is 2.65. The first-order chi connectivity index (χ1) is 5.69. The van der Waals surface area contributed by atoms with E-state index in [2.05, 4.69) is 0 Å². The van der Waals surface area contributed by atoms with Gasteiger partial charge in [0.15, 0.2) is 0 Å². The average molecular weight is 169 g/mol. The van der Waals surface area contributed by atoms with Crippen LogP contribution >= 0.6 is 0 Å². The van der Waals surface area contributed by atoms with Crippen molar-refractivity contribution in [3.63, 3.8) is 0 Å². The number of rotatable bonds is 2. The van der Waals surface area contributed by atoms with Gasteiger partial charge >= 0.3 is 0 Å². The summed E-state index contributed by atoms with van der Waals surface area (Å²) in [5.74, 6) is 0.254. The number of nitrogens with two attached hydrogens (primary N) is 1. The van der Waals surface area contributed by atoms with Crippen LogP contribution in [0.1, 0.15) is 11.1 Å². The summed E-state index contributed by atoms with van der Waals surface area (Å²) in [6, 6.07) is 3.06. The van der Waals surface area contributed by atoms with Gasteiger partial charge in [-0.15, -0.1) is 0 Å². The summed E-state index contributed by atoms with van der Waals surface area (Å²) in [7, 11) is 1.52. The zero-order valence-electron chi connectivity index (χ0n) is 7.23. The van der Waals surface area contributed by atoms with Gasteiger partial charge in [0, 0.05) is 18.2 Å².